The van der Waals surface area contributed by atoms with Crippen LogP contribution < -0.4 is 5.32 Å². The Bertz CT molecular complexity index is 1240. The highest BCUT2D eigenvalue weighted by molar-refractivity contribution is 6.46. The van der Waals surface area contributed by atoms with Crippen molar-refractivity contribution in [1.29, 1.82) is 0 Å². The molecule has 0 radical (unpaired) electrons. The van der Waals surface area contributed by atoms with E-state index in [9.17, 15) is 14.4 Å². The lowest BCUT2D eigenvalue weighted by Crippen LogP contribution is -2.51. The third-order valence-corrected chi connectivity index (χ3v) is 9.20. The minimum absolute atomic E-state index is 0.0433. The second-order valence-electron chi connectivity index (χ2n) is 12.4. The molecule has 0 saturated heterocycles. The first-order chi connectivity index (χ1) is 20.0. The Labute approximate surface area is 251 Å². The van der Waals surface area contributed by atoms with Gasteiger partial charge in [-0.15, -0.1) is 0 Å². The van der Waals surface area contributed by atoms with E-state index in [1.165, 1.54) is 0 Å². The van der Waals surface area contributed by atoms with Crippen molar-refractivity contribution < 1.29 is 19.5 Å². The highest BCUT2D eigenvalue weighted by atomic mass is 16.4. The van der Waals surface area contributed by atoms with Crippen molar-refractivity contribution in [3.8, 4) is 0 Å². The predicted octanol–water partition coefficient (Wildman–Crippen LogP) is 6.98. The first kappa shape index (κ1) is 33.2. The molecule has 2 aliphatic rings. The Hall–Kier alpha value is -3.32. The van der Waals surface area contributed by atoms with E-state index >= 15 is 0 Å². The van der Waals surface area contributed by atoms with Gasteiger partial charge in [-0.1, -0.05) is 88.6 Å². The fraction of sp³-hybridized carbons (Fsp3) is 0.543. The van der Waals surface area contributed by atoms with Gasteiger partial charge in [0.05, 0.1) is 12.5 Å². The number of aliphatic carboxylic acids is 1. The smallest absolute Gasteiger partial charge is 0.304 e. The fourth-order valence-corrected chi connectivity index (χ4v) is 6.27. The summed E-state index contributed by atoms with van der Waals surface area (Å²) in [6.07, 6.45) is 8.03. The van der Waals surface area contributed by atoms with E-state index in [0.29, 0.717) is 29.2 Å². The lowest BCUT2D eigenvalue weighted by atomic mass is 9.67. The number of carboxylic acids is 1. The summed E-state index contributed by atoms with van der Waals surface area (Å²) < 4.78 is 0. The average molecular weight is 576 g/mol. The third kappa shape index (κ3) is 7.74. The number of aldehydes is 1. The third-order valence-electron chi connectivity index (χ3n) is 9.20. The quantitative estimate of drug-likeness (QED) is 0.282. The molecule has 1 spiro atoms. The normalized spacial score (nSPS) is 21.0. The summed E-state index contributed by atoms with van der Waals surface area (Å²) in [6, 6.07) is 15.9. The molecule has 42 heavy (non-hydrogen) atoms. The van der Waals surface area contributed by atoms with Crippen LogP contribution in [0.2, 0.25) is 0 Å². The SMILES string of the molecule is CCCC(c1ccc(C=O)cc1)N1C(=O)C(c2cccc(C)c2)=NC12CCC(C(C)(C)CC)CC2.CNCCC(=O)O. The molecule has 1 unspecified atom stereocenters. The number of carbonyl (C=O) groups is 3. The van der Waals surface area contributed by atoms with Gasteiger partial charge in [0.1, 0.15) is 17.7 Å². The summed E-state index contributed by atoms with van der Waals surface area (Å²) in [5.41, 5.74) is 4.19. The van der Waals surface area contributed by atoms with Crippen LogP contribution in [0, 0.1) is 18.3 Å². The average Bonchev–Trinajstić information content (AvgIpc) is 3.26. The topological polar surface area (TPSA) is 99.1 Å². The molecule has 1 heterocycles. The number of hydrogen-bond acceptors (Lipinski definition) is 5. The van der Waals surface area contributed by atoms with E-state index in [1.807, 2.05) is 36.4 Å². The van der Waals surface area contributed by atoms with Crippen molar-refractivity contribution >= 4 is 23.9 Å². The van der Waals surface area contributed by atoms with Crippen LogP contribution in [0.25, 0.3) is 0 Å². The number of rotatable bonds is 11. The minimum Gasteiger partial charge on any atom is -0.481 e. The van der Waals surface area contributed by atoms with E-state index in [4.69, 9.17) is 10.1 Å². The summed E-state index contributed by atoms with van der Waals surface area (Å²) >= 11 is 0. The molecule has 228 valence electrons. The summed E-state index contributed by atoms with van der Waals surface area (Å²) in [7, 11) is 1.73. The van der Waals surface area contributed by atoms with Gasteiger partial charge >= 0.3 is 5.97 Å². The van der Waals surface area contributed by atoms with Gasteiger partial charge in [0.15, 0.2) is 0 Å². The second kappa shape index (κ2) is 14.7. The van der Waals surface area contributed by atoms with Crippen molar-refractivity contribution in [2.24, 2.45) is 16.3 Å². The van der Waals surface area contributed by atoms with Gasteiger partial charge in [-0.05, 0) is 69.0 Å². The van der Waals surface area contributed by atoms with Crippen LogP contribution in [0.5, 0.6) is 0 Å². The second-order valence-corrected chi connectivity index (χ2v) is 12.4. The Kier molecular flexibility index (Phi) is 11.6. The lowest BCUT2D eigenvalue weighted by molar-refractivity contribution is -0.137. The number of benzene rings is 2. The van der Waals surface area contributed by atoms with E-state index < -0.39 is 11.6 Å². The van der Waals surface area contributed by atoms with E-state index in [1.54, 1.807) is 7.05 Å². The van der Waals surface area contributed by atoms with Crippen molar-refractivity contribution in [3.05, 3.63) is 70.8 Å². The Morgan fingerprint density at radius 1 is 1.17 bits per heavy atom. The number of carboxylic acid groups (broad SMARTS) is 1. The van der Waals surface area contributed by atoms with Crippen LogP contribution in [-0.4, -0.2) is 53.1 Å². The molecule has 1 atom stereocenters. The molecular formula is C35H49N3O4. The van der Waals surface area contributed by atoms with Crippen molar-refractivity contribution in [2.45, 2.75) is 97.7 Å². The summed E-state index contributed by atoms with van der Waals surface area (Å²) in [5, 5.41) is 10.7. The molecule has 2 aromatic carbocycles. The number of amides is 1. The van der Waals surface area contributed by atoms with Gasteiger partial charge < -0.3 is 15.3 Å². The van der Waals surface area contributed by atoms with E-state index in [-0.39, 0.29) is 18.4 Å². The van der Waals surface area contributed by atoms with Crippen LogP contribution in [0.3, 0.4) is 0 Å². The van der Waals surface area contributed by atoms with E-state index in [2.05, 4.69) is 57.0 Å². The number of nitrogens with zero attached hydrogens (tertiary/aromatic N) is 2. The molecule has 4 rings (SSSR count). The van der Waals surface area contributed by atoms with Crippen molar-refractivity contribution in [1.82, 2.24) is 10.2 Å². The van der Waals surface area contributed by atoms with Crippen LogP contribution in [0.15, 0.2) is 53.5 Å². The monoisotopic (exact) mass is 575 g/mol. The van der Waals surface area contributed by atoms with Crippen LogP contribution in [0.4, 0.5) is 0 Å². The number of aliphatic imine (C=N–C) groups is 1. The zero-order chi connectivity index (χ0) is 30.9. The molecule has 1 aliphatic carbocycles. The highest BCUT2D eigenvalue weighted by Gasteiger charge is 2.52. The minimum atomic E-state index is -0.755. The van der Waals surface area contributed by atoms with Gasteiger partial charge in [-0.25, -0.2) is 0 Å². The number of hydrogen-bond donors (Lipinski definition) is 2. The molecule has 1 saturated carbocycles. The molecular weight excluding hydrogens is 526 g/mol. The molecule has 1 fully saturated rings. The largest absolute Gasteiger partial charge is 0.481 e. The zero-order valence-electron chi connectivity index (χ0n) is 26.3. The molecule has 0 bridgehead atoms. The molecule has 2 aromatic rings. The van der Waals surface area contributed by atoms with Gasteiger partial charge in [0.2, 0.25) is 0 Å². The van der Waals surface area contributed by atoms with Crippen LogP contribution >= 0.6 is 0 Å². The Morgan fingerprint density at radius 2 is 1.83 bits per heavy atom. The lowest BCUT2D eigenvalue weighted by Gasteiger charge is -2.48. The number of nitrogens with one attached hydrogen (secondary N) is 1. The molecule has 7 heteroatoms. The van der Waals surface area contributed by atoms with Gasteiger partial charge in [0.25, 0.3) is 5.91 Å². The van der Waals surface area contributed by atoms with Crippen LogP contribution in [0.1, 0.15) is 112 Å². The zero-order valence-corrected chi connectivity index (χ0v) is 26.3. The summed E-state index contributed by atoms with van der Waals surface area (Å²) in [5.74, 6) is -0.0686. The fourth-order valence-electron chi connectivity index (χ4n) is 6.27. The van der Waals surface area contributed by atoms with Crippen LogP contribution in [-0.2, 0) is 9.59 Å². The van der Waals surface area contributed by atoms with Crippen molar-refractivity contribution in [3.63, 3.8) is 0 Å². The maximum absolute atomic E-state index is 14.2. The number of aryl methyl sites for hydroxylation is 1. The number of carbonyl (C=O) groups excluding carboxylic acids is 2. The maximum atomic E-state index is 14.2. The van der Waals surface area contributed by atoms with E-state index in [0.717, 1.165) is 67.9 Å². The van der Waals surface area contributed by atoms with Gasteiger partial charge in [-0.3, -0.25) is 19.4 Å². The molecule has 7 nitrogen and oxygen atoms in total. The Balaban J connectivity index is 0.000000616. The van der Waals surface area contributed by atoms with Gasteiger partial charge in [0, 0.05) is 17.7 Å². The molecule has 0 aromatic heterocycles. The first-order valence-electron chi connectivity index (χ1n) is 15.4. The summed E-state index contributed by atoms with van der Waals surface area (Å²) in [4.78, 5) is 42.6. The standard InChI is InChI=1S/C31H40N2O2.C4H9NO2/c1-6-9-27(24-14-12-23(21-34)13-15-24)33-29(35)28(25-11-8-10-22(3)20-25)32-31(33)18-16-26(17-19-31)30(4,5)7-2;1-5-3-2-4(6)7/h8,10-15,20-21,26-27H,6-7,9,16-19H2,1-5H3;5H,2-3H2,1H3,(H,6,7). The summed E-state index contributed by atoms with van der Waals surface area (Å²) in [6.45, 7) is 11.8. The van der Waals surface area contributed by atoms with Crippen molar-refractivity contribution in [2.75, 3.05) is 13.6 Å². The van der Waals surface area contributed by atoms with Gasteiger partial charge in [-0.2, -0.15) is 0 Å². The Morgan fingerprint density at radius 3 is 2.33 bits per heavy atom. The molecule has 1 aliphatic heterocycles. The highest BCUT2D eigenvalue weighted by Crippen LogP contribution is 2.50. The molecule has 2 N–H and O–H groups in total. The predicted molar refractivity (Wildman–Crippen MR) is 169 cm³/mol. The maximum Gasteiger partial charge on any atom is 0.304 e. The first-order valence-corrected chi connectivity index (χ1v) is 15.4. The molecule has 1 amide bonds.